The second-order valence-corrected chi connectivity index (χ2v) is 14.5. The zero-order chi connectivity index (χ0) is 33.6. The van der Waals surface area contributed by atoms with Crippen LogP contribution in [0.3, 0.4) is 0 Å². The highest BCUT2D eigenvalue weighted by Gasteiger charge is 2.41. The third-order valence-electron chi connectivity index (χ3n) is 10.1. The molecule has 2 aliphatic carbocycles. The first-order valence-electron chi connectivity index (χ1n) is 17.4. The molecule has 0 unspecified atom stereocenters. The highest BCUT2D eigenvalue weighted by Crippen LogP contribution is 2.44. The van der Waals surface area contributed by atoms with Crippen molar-refractivity contribution in [3.05, 3.63) is 120 Å². The number of amides is 2. The first-order valence-corrected chi connectivity index (χ1v) is 18.2. The number of nitrogens with zero attached hydrogens (tertiary/aromatic N) is 2. The van der Waals surface area contributed by atoms with Crippen molar-refractivity contribution < 1.29 is 14.3 Å². The van der Waals surface area contributed by atoms with E-state index in [2.05, 4.69) is 99.7 Å². The number of fused-ring (bicyclic) bond motifs is 3. The van der Waals surface area contributed by atoms with E-state index in [0.717, 1.165) is 67.7 Å². The van der Waals surface area contributed by atoms with Gasteiger partial charge in [0.25, 0.3) is 0 Å². The minimum atomic E-state index is -0.996. The Kier molecular flexibility index (Phi) is 10.2. The summed E-state index contributed by atoms with van der Waals surface area (Å²) in [6.07, 6.45) is 6.97. The summed E-state index contributed by atoms with van der Waals surface area (Å²) in [5.74, 6) is -0.239. The largest absolute Gasteiger partial charge is 0.449 e. The third kappa shape index (κ3) is 7.62. The zero-order valence-corrected chi connectivity index (χ0v) is 28.9. The van der Waals surface area contributed by atoms with Crippen molar-refractivity contribution in [2.75, 3.05) is 39.8 Å². The number of piperazine rings is 1. The summed E-state index contributed by atoms with van der Waals surface area (Å²) in [4.78, 5) is 30.5. The van der Waals surface area contributed by atoms with Crippen molar-refractivity contribution >= 4 is 30.0 Å². The molecule has 2 N–H and O–H groups in total. The van der Waals surface area contributed by atoms with Crippen LogP contribution in [-0.2, 0) is 9.53 Å². The number of hydrogen-bond donors (Lipinski definition) is 2. The van der Waals surface area contributed by atoms with Crippen LogP contribution in [0.5, 0.6) is 0 Å². The van der Waals surface area contributed by atoms with Gasteiger partial charge in [-0.2, -0.15) is 0 Å². The van der Waals surface area contributed by atoms with Gasteiger partial charge >= 0.3 is 6.09 Å². The molecule has 0 bridgehead atoms. The molecule has 1 heterocycles. The smallest absolute Gasteiger partial charge is 0.408 e. The van der Waals surface area contributed by atoms with Gasteiger partial charge in [0.1, 0.15) is 12.1 Å². The van der Waals surface area contributed by atoms with Crippen molar-refractivity contribution in [2.24, 2.45) is 0 Å². The lowest BCUT2D eigenvalue weighted by Crippen LogP contribution is -2.59. The van der Waals surface area contributed by atoms with Crippen LogP contribution in [0.25, 0.3) is 28.3 Å². The number of nitrogens with one attached hydrogen (secondary N) is 2. The third-order valence-corrected chi connectivity index (χ3v) is 11.2. The van der Waals surface area contributed by atoms with Gasteiger partial charge in [0, 0.05) is 43.2 Å². The fourth-order valence-electron chi connectivity index (χ4n) is 7.27. The lowest BCUT2D eigenvalue weighted by Gasteiger charge is -2.35. The number of ether oxygens (including phenoxy) is 1. The predicted molar refractivity (Wildman–Crippen MR) is 198 cm³/mol. The van der Waals surface area contributed by atoms with Crippen LogP contribution < -0.4 is 10.6 Å². The standard InChI is InChI=1S/C41H44N4O3S/c1-44-25-27-45(28-26-44)49-33-19-17-32(18-20-33)31-15-13-30(14-16-31)21-24-42-39(46)41(22-7-2-8-23-41)43-40(47)48-29-38-36-11-5-3-9-34(36)35-10-4-6-12-37(35)38/h3-6,9-21,24,38H,2,7-8,22-23,25-29H2,1H3,(H,42,46)(H,43,47)/b24-21+. The summed E-state index contributed by atoms with van der Waals surface area (Å²) < 4.78 is 8.26. The highest BCUT2D eigenvalue weighted by molar-refractivity contribution is 7.97. The molecule has 7 nitrogen and oxygen atoms in total. The molecular weight excluding hydrogens is 629 g/mol. The molecule has 0 radical (unpaired) electrons. The first-order chi connectivity index (χ1) is 24.0. The van der Waals surface area contributed by atoms with E-state index in [0.29, 0.717) is 12.8 Å². The van der Waals surface area contributed by atoms with E-state index in [9.17, 15) is 9.59 Å². The second kappa shape index (κ2) is 15.0. The van der Waals surface area contributed by atoms with E-state index in [-0.39, 0.29) is 18.4 Å². The molecular formula is C41H44N4O3S. The maximum absolute atomic E-state index is 13.6. The van der Waals surface area contributed by atoms with Crippen LogP contribution >= 0.6 is 11.9 Å². The molecule has 2 amide bonds. The summed E-state index contributed by atoms with van der Waals surface area (Å²) in [6, 6.07) is 33.6. The molecule has 4 aromatic carbocycles. The molecule has 1 aliphatic heterocycles. The molecule has 2 fully saturated rings. The van der Waals surface area contributed by atoms with Crippen LogP contribution in [0.15, 0.2) is 108 Å². The molecule has 0 aromatic heterocycles. The van der Waals surface area contributed by atoms with E-state index < -0.39 is 11.6 Å². The van der Waals surface area contributed by atoms with Crippen LogP contribution in [0.1, 0.15) is 54.7 Å². The number of rotatable bonds is 9. The van der Waals surface area contributed by atoms with E-state index in [4.69, 9.17) is 4.74 Å². The monoisotopic (exact) mass is 672 g/mol. The number of carbonyl (C=O) groups is 2. The quantitative estimate of drug-likeness (QED) is 0.176. The van der Waals surface area contributed by atoms with Gasteiger partial charge in [0.15, 0.2) is 0 Å². The van der Waals surface area contributed by atoms with Gasteiger partial charge in [-0.1, -0.05) is 104 Å². The van der Waals surface area contributed by atoms with Crippen molar-refractivity contribution in [1.29, 1.82) is 0 Å². The Morgan fingerprint density at radius 1 is 0.796 bits per heavy atom. The number of likely N-dealkylation sites (N-methyl/N-ethyl adjacent to an activating group) is 1. The summed E-state index contributed by atoms with van der Waals surface area (Å²) in [5.41, 5.74) is 6.99. The SMILES string of the molecule is CN1CCN(Sc2ccc(-c3ccc(/C=C/NC(=O)C4(NC(=O)OCC5c6ccccc6-c6ccccc65)CCCCC4)cc3)cc2)CC1. The van der Waals surface area contributed by atoms with E-state index in [1.807, 2.05) is 42.3 Å². The molecule has 49 heavy (non-hydrogen) atoms. The number of hydrogen-bond acceptors (Lipinski definition) is 6. The van der Waals surface area contributed by atoms with Gasteiger partial charge in [0.05, 0.1) is 0 Å². The minimum Gasteiger partial charge on any atom is -0.449 e. The van der Waals surface area contributed by atoms with Gasteiger partial charge in [0.2, 0.25) is 5.91 Å². The average Bonchev–Trinajstić information content (AvgIpc) is 3.46. The van der Waals surface area contributed by atoms with E-state index >= 15 is 0 Å². The van der Waals surface area contributed by atoms with Crippen molar-refractivity contribution in [1.82, 2.24) is 19.8 Å². The lowest BCUT2D eigenvalue weighted by atomic mass is 9.81. The highest BCUT2D eigenvalue weighted by atomic mass is 32.2. The molecule has 1 saturated carbocycles. The maximum atomic E-state index is 13.6. The summed E-state index contributed by atoms with van der Waals surface area (Å²) in [5, 5.41) is 5.95. The van der Waals surface area contributed by atoms with Crippen LogP contribution in [0, 0.1) is 0 Å². The number of alkyl carbamates (subject to hydrolysis) is 1. The zero-order valence-electron chi connectivity index (χ0n) is 28.1. The Balaban J connectivity index is 0.937. The van der Waals surface area contributed by atoms with Gasteiger partial charge in [-0.3, -0.25) is 4.79 Å². The van der Waals surface area contributed by atoms with Crippen LogP contribution in [-0.4, -0.2) is 66.6 Å². The fraction of sp³-hybridized carbons (Fsp3) is 0.317. The van der Waals surface area contributed by atoms with E-state index in [1.165, 1.54) is 21.6 Å². The average molecular weight is 673 g/mol. The van der Waals surface area contributed by atoms with Crippen LogP contribution in [0.4, 0.5) is 4.79 Å². The maximum Gasteiger partial charge on any atom is 0.408 e. The minimum absolute atomic E-state index is 0.0332. The van der Waals surface area contributed by atoms with Crippen LogP contribution in [0.2, 0.25) is 0 Å². The lowest BCUT2D eigenvalue weighted by molar-refractivity contribution is -0.127. The van der Waals surface area contributed by atoms with Crippen molar-refractivity contribution in [3.8, 4) is 22.3 Å². The van der Waals surface area contributed by atoms with Gasteiger partial charge in [-0.25, -0.2) is 9.10 Å². The molecule has 3 aliphatic rings. The van der Waals surface area contributed by atoms with Gasteiger partial charge in [-0.15, -0.1) is 0 Å². The molecule has 0 spiro atoms. The Hall–Kier alpha value is -4.37. The normalized spacial score (nSPS) is 17.7. The predicted octanol–water partition coefficient (Wildman–Crippen LogP) is 7.94. The summed E-state index contributed by atoms with van der Waals surface area (Å²) in [7, 11) is 2.18. The second-order valence-electron chi connectivity index (χ2n) is 13.4. The molecule has 0 atom stereocenters. The molecule has 1 saturated heterocycles. The van der Waals surface area contributed by atoms with E-state index in [1.54, 1.807) is 6.20 Å². The molecule has 7 rings (SSSR count). The van der Waals surface area contributed by atoms with Crippen molar-refractivity contribution in [3.63, 3.8) is 0 Å². The number of carbonyl (C=O) groups excluding carboxylic acids is 2. The topological polar surface area (TPSA) is 73.9 Å². The first kappa shape index (κ1) is 33.1. The Bertz CT molecular complexity index is 1750. The van der Waals surface area contributed by atoms with Gasteiger partial charge < -0.3 is 20.3 Å². The molecule has 252 valence electrons. The molecule has 4 aromatic rings. The Morgan fingerprint density at radius 2 is 1.39 bits per heavy atom. The van der Waals surface area contributed by atoms with Crippen molar-refractivity contribution in [2.45, 2.75) is 48.5 Å². The van der Waals surface area contributed by atoms with Gasteiger partial charge in [-0.05, 0) is 89.0 Å². The summed E-state index contributed by atoms with van der Waals surface area (Å²) in [6.45, 7) is 4.58. The number of benzene rings is 4. The fourth-order valence-corrected chi connectivity index (χ4v) is 8.17. The summed E-state index contributed by atoms with van der Waals surface area (Å²) >= 11 is 1.83. The Labute approximate surface area is 293 Å². The molecule has 8 heteroatoms. The Morgan fingerprint density at radius 3 is 2.02 bits per heavy atom.